The van der Waals surface area contributed by atoms with E-state index in [1.54, 1.807) is 6.07 Å². The van der Waals surface area contributed by atoms with Gasteiger partial charge in [-0.3, -0.25) is 0 Å². The van der Waals surface area contributed by atoms with Gasteiger partial charge in [0.05, 0.1) is 17.4 Å². The number of rotatable bonds is 3. The Labute approximate surface area is 107 Å². The van der Waals surface area contributed by atoms with Gasteiger partial charge < -0.3 is 5.73 Å². The smallest absolute Gasteiger partial charge is 0.176 e. The number of pyridine rings is 1. The van der Waals surface area contributed by atoms with E-state index < -0.39 is 0 Å². The number of nitrogens with zero attached hydrogens (tertiary/aromatic N) is 4. The molecule has 0 amide bonds. The Hall–Kier alpha value is -1.65. The van der Waals surface area contributed by atoms with E-state index in [-0.39, 0.29) is 0 Å². The Morgan fingerprint density at radius 2 is 2.41 bits per heavy atom. The van der Waals surface area contributed by atoms with Crippen LogP contribution >= 0.6 is 23.3 Å². The molecule has 2 aromatic heterocycles. The Balaban J connectivity index is 2.27. The fourth-order valence-electron chi connectivity index (χ4n) is 1.14. The number of anilines is 1. The van der Waals surface area contributed by atoms with Crippen LogP contribution in [0, 0.1) is 11.3 Å². The molecule has 2 aromatic rings. The fraction of sp³-hybridized carbons (Fsp3) is 0.200. The SMILES string of the molecule is CCc1nsc(Sc2ncc(N)cc2C#N)n1. The van der Waals surface area contributed by atoms with Crippen molar-refractivity contribution in [3.63, 3.8) is 0 Å². The first kappa shape index (κ1) is 11.8. The lowest BCUT2D eigenvalue weighted by atomic mass is 10.3. The molecule has 0 radical (unpaired) electrons. The van der Waals surface area contributed by atoms with Gasteiger partial charge in [-0.2, -0.15) is 9.64 Å². The number of aromatic nitrogens is 3. The topological polar surface area (TPSA) is 88.5 Å². The van der Waals surface area contributed by atoms with Crippen molar-refractivity contribution in [2.24, 2.45) is 0 Å². The van der Waals surface area contributed by atoms with E-state index in [1.807, 2.05) is 6.92 Å². The third-order valence-corrected chi connectivity index (χ3v) is 3.75. The number of hydrogen-bond donors (Lipinski definition) is 1. The molecule has 0 aromatic carbocycles. The average molecular weight is 263 g/mol. The van der Waals surface area contributed by atoms with Gasteiger partial charge in [0.25, 0.3) is 0 Å². The first-order chi connectivity index (χ1) is 8.22. The van der Waals surface area contributed by atoms with Crippen LogP contribution in [0.5, 0.6) is 0 Å². The first-order valence-corrected chi connectivity index (χ1v) is 6.48. The standard InChI is InChI=1S/C10H9N5S2/c1-2-8-14-10(17-15-8)16-9-6(4-11)3-7(12)5-13-9/h3,5H,2,12H2,1H3. The highest BCUT2D eigenvalue weighted by atomic mass is 32.2. The minimum Gasteiger partial charge on any atom is -0.397 e. The molecule has 0 bridgehead atoms. The second kappa shape index (κ2) is 5.12. The molecular formula is C10H9N5S2. The van der Waals surface area contributed by atoms with Crippen molar-refractivity contribution in [1.82, 2.24) is 14.3 Å². The predicted octanol–water partition coefficient (Wildman–Crippen LogP) is 2.10. The molecule has 0 aliphatic heterocycles. The Morgan fingerprint density at radius 3 is 3.06 bits per heavy atom. The lowest BCUT2D eigenvalue weighted by Gasteiger charge is -2.00. The second-order valence-electron chi connectivity index (χ2n) is 3.17. The Bertz CT molecular complexity index is 572. The van der Waals surface area contributed by atoms with Crippen LogP contribution < -0.4 is 5.73 Å². The minimum absolute atomic E-state index is 0.461. The normalized spacial score (nSPS) is 10.1. The molecule has 0 fully saturated rings. The van der Waals surface area contributed by atoms with E-state index in [9.17, 15) is 0 Å². The van der Waals surface area contributed by atoms with Crippen molar-refractivity contribution < 1.29 is 0 Å². The molecule has 0 aliphatic rings. The van der Waals surface area contributed by atoms with E-state index in [2.05, 4.69) is 20.4 Å². The maximum absolute atomic E-state index is 8.98. The molecule has 0 saturated carbocycles. The summed E-state index contributed by atoms with van der Waals surface area (Å²) in [5, 5.41) is 9.59. The maximum atomic E-state index is 8.98. The molecule has 0 spiro atoms. The lowest BCUT2D eigenvalue weighted by molar-refractivity contribution is 0.970. The molecule has 5 nitrogen and oxygen atoms in total. The largest absolute Gasteiger partial charge is 0.397 e. The van der Waals surface area contributed by atoms with E-state index >= 15 is 0 Å². The molecule has 7 heteroatoms. The van der Waals surface area contributed by atoms with Gasteiger partial charge in [0.1, 0.15) is 16.9 Å². The highest BCUT2D eigenvalue weighted by Crippen LogP contribution is 2.30. The summed E-state index contributed by atoms with van der Waals surface area (Å²) in [7, 11) is 0. The van der Waals surface area contributed by atoms with Crippen LogP contribution in [0.15, 0.2) is 21.6 Å². The Morgan fingerprint density at radius 1 is 1.59 bits per heavy atom. The van der Waals surface area contributed by atoms with Crippen molar-refractivity contribution in [3.8, 4) is 6.07 Å². The molecule has 2 N–H and O–H groups in total. The fourth-order valence-corrected chi connectivity index (χ4v) is 2.77. The molecule has 86 valence electrons. The van der Waals surface area contributed by atoms with Crippen LogP contribution in [0.4, 0.5) is 5.69 Å². The Kier molecular flexibility index (Phi) is 3.56. The summed E-state index contributed by atoms with van der Waals surface area (Å²) < 4.78 is 4.97. The van der Waals surface area contributed by atoms with Crippen molar-refractivity contribution in [2.45, 2.75) is 22.7 Å². The van der Waals surface area contributed by atoms with Gasteiger partial charge in [-0.1, -0.05) is 6.92 Å². The van der Waals surface area contributed by atoms with E-state index in [0.29, 0.717) is 16.3 Å². The van der Waals surface area contributed by atoms with Crippen LogP contribution in [0.2, 0.25) is 0 Å². The molecular weight excluding hydrogens is 254 g/mol. The third-order valence-electron chi connectivity index (χ3n) is 1.94. The maximum Gasteiger partial charge on any atom is 0.176 e. The number of aryl methyl sites for hydroxylation is 1. The van der Waals surface area contributed by atoms with Crippen molar-refractivity contribution in [2.75, 3.05) is 5.73 Å². The molecule has 0 saturated heterocycles. The number of nitriles is 1. The van der Waals surface area contributed by atoms with E-state index in [4.69, 9.17) is 11.0 Å². The highest BCUT2D eigenvalue weighted by Gasteiger charge is 2.10. The van der Waals surface area contributed by atoms with Crippen molar-refractivity contribution >= 4 is 29.0 Å². The van der Waals surface area contributed by atoms with Crippen LogP contribution in [-0.2, 0) is 6.42 Å². The molecule has 0 aliphatic carbocycles. The zero-order valence-corrected chi connectivity index (χ0v) is 10.7. The van der Waals surface area contributed by atoms with Gasteiger partial charge >= 0.3 is 0 Å². The molecule has 0 atom stereocenters. The summed E-state index contributed by atoms with van der Waals surface area (Å²) in [6.07, 6.45) is 2.34. The quantitative estimate of drug-likeness (QED) is 0.912. The monoisotopic (exact) mass is 263 g/mol. The van der Waals surface area contributed by atoms with Crippen molar-refractivity contribution in [1.29, 1.82) is 5.26 Å². The van der Waals surface area contributed by atoms with Gasteiger partial charge in [-0.25, -0.2) is 9.97 Å². The first-order valence-electron chi connectivity index (χ1n) is 4.89. The van der Waals surface area contributed by atoms with E-state index in [0.717, 1.165) is 16.6 Å². The van der Waals surface area contributed by atoms with Crippen LogP contribution in [0.3, 0.4) is 0 Å². The van der Waals surface area contributed by atoms with E-state index in [1.165, 1.54) is 29.5 Å². The van der Waals surface area contributed by atoms with Gasteiger partial charge in [0.2, 0.25) is 0 Å². The van der Waals surface area contributed by atoms with Gasteiger partial charge in [-0.05, 0) is 29.4 Å². The predicted molar refractivity (Wildman–Crippen MR) is 66.8 cm³/mol. The number of hydrogen-bond acceptors (Lipinski definition) is 7. The highest BCUT2D eigenvalue weighted by molar-refractivity contribution is 8.00. The lowest BCUT2D eigenvalue weighted by Crippen LogP contribution is -1.91. The van der Waals surface area contributed by atoms with Crippen LogP contribution in [0.1, 0.15) is 18.3 Å². The van der Waals surface area contributed by atoms with Crippen molar-refractivity contribution in [3.05, 3.63) is 23.7 Å². The van der Waals surface area contributed by atoms with Gasteiger partial charge in [0.15, 0.2) is 4.34 Å². The summed E-state index contributed by atoms with van der Waals surface area (Å²) in [6.45, 7) is 2.00. The minimum atomic E-state index is 0.461. The number of nitrogen functional groups attached to an aromatic ring is 1. The summed E-state index contributed by atoms with van der Waals surface area (Å²) >= 11 is 2.65. The summed E-state index contributed by atoms with van der Waals surface area (Å²) in [6, 6.07) is 3.68. The zero-order valence-electron chi connectivity index (χ0n) is 9.04. The zero-order chi connectivity index (χ0) is 12.3. The molecule has 2 heterocycles. The summed E-state index contributed by atoms with van der Waals surface area (Å²) in [5.74, 6) is 0.812. The average Bonchev–Trinajstić information content (AvgIpc) is 2.79. The van der Waals surface area contributed by atoms with Crippen LogP contribution in [0.25, 0.3) is 0 Å². The second-order valence-corrected chi connectivity index (χ2v) is 5.15. The molecule has 2 rings (SSSR count). The van der Waals surface area contributed by atoms with Crippen LogP contribution in [-0.4, -0.2) is 14.3 Å². The van der Waals surface area contributed by atoms with Gasteiger partial charge in [-0.15, -0.1) is 0 Å². The molecule has 17 heavy (non-hydrogen) atoms. The number of nitrogens with two attached hydrogens (primary N) is 1. The molecule has 0 unspecified atom stereocenters. The third kappa shape index (κ3) is 2.72. The summed E-state index contributed by atoms with van der Waals surface area (Å²) in [5.41, 5.74) is 6.52. The summed E-state index contributed by atoms with van der Waals surface area (Å²) in [4.78, 5) is 8.45. The van der Waals surface area contributed by atoms with Gasteiger partial charge in [0, 0.05) is 6.42 Å².